The van der Waals surface area contributed by atoms with Crippen LogP contribution in [0.4, 0.5) is 13.6 Å². The summed E-state index contributed by atoms with van der Waals surface area (Å²) in [6.45, 7) is 13.9. The van der Waals surface area contributed by atoms with E-state index < -0.39 is 95.4 Å². The summed E-state index contributed by atoms with van der Waals surface area (Å²) in [5, 5.41) is 7.57. The van der Waals surface area contributed by atoms with E-state index in [-0.39, 0.29) is 18.9 Å². The lowest BCUT2D eigenvalue weighted by Crippen LogP contribution is -2.61. The first-order chi connectivity index (χ1) is 19.0. The molecule has 2 rings (SSSR count). The van der Waals surface area contributed by atoms with Crippen LogP contribution >= 0.6 is 0 Å². The van der Waals surface area contributed by atoms with Crippen molar-refractivity contribution in [2.45, 2.75) is 117 Å². The van der Waals surface area contributed by atoms with Gasteiger partial charge in [-0.3, -0.25) is 19.2 Å². The van der Waals surface area contributed by atoms with Gasteiger partial charge < -0.3 is 31.3 Å². The molecule has 5 N–H and O–H groups in total. The second kappa shape index (κ2) is 12.9. The van der Waals surface area contributed by atoms with Crippen LogP contribution in [-0.2, 0) is 28.7 Å². The number of ketones is 1. The van der Waals surface area contributed by atoms with Crippen LogP contribution in [0, 0.1) is 17.3 Å². The van der Waals surface area contributed by atoms with Crippen LogP contribution in [0.15, 0.2) is 0 Å². The minimum atomic E-state index is -2.99. The van der Waals surface area contributed by atoms with Gasteiger partial charge in [0.15, 0.2) is 0 Å². The summed E-state index contributed by atoms with van der Waals surface area (Å²) in [5.74, 6) is -9.04. The lowest BCUT2D eigenvalue weighted by molar-refractivity contribution is -0.158. The third-order valence-electron chi connectivity index (χ3n) is 7.19. The topological polar surface area (TPSA) is 177 Å². The first kappa shape index (κ1) is 34.9. The number of amides is 5. The molecule has 1 heterocycles. The average molecular weight is 602 g/mol. The number of likely N-dealkylation sites (tertiary alicyclic amines) is 1. The van der Waals surface area contributed by atoms with Gasteiger partial charge in [-0.05, 0) is 51.4 Å². The fourth-order valence-electron chi connectivity index (χ4n) is 4.78. The first-order valence-electron chi connectivity index (χ1n) is 14.2. The van der Waals surface area contributed by atoms with Crippen LogP contribution in [0.1, 0.15) is 81.1 Å². The summed E-state index contributed by atoms with van der Waals surface area (Å²) < 4.78 is 32.4. The Balaban J connectivity index is 2.19. The molecule has 0 bridgehead atoms. The van der Waals surface area contributed by atoms with Gasteiger partial charge in [0.25, 0.3) is 11.8 Å². The summed E-state index contributed by atoms with van der Waals surface area (Å²) >= 11 is 0. The van der Waals surface area contributed by atoms with E-state index in [4.69, 9.17) is 10.5 Å². The third kappa shape index (κ3) is 9.35. The molecule has 5 amide bonds. The van der Waals surface area contributed by atoms with E-state index in [1.807, 2.05) is 0 Å². The van der Waals surface area contributed by atoms with Crippen molar-refractivity contribution in [2.24, 2.45) is 23.0 Å². The lowest BCUT2D eigenvalue weighted by Gasteiger charge is -2.36. The highest BCUT2D eigenvalue weighted by atomic mass is 19.3. The Hall–Kier alpha value is -3.32. The number of carbonyl (C=O) groups is 6. The number of hydrogen-bond acceptors (Lipinski definition) is 7. The van der Waals surface area contributed by atoms with Crippen LogP contribution in [0.5, 0.6) is 0 Å². The Bertz CT molecular complexity index is 1080. The number of nitrogens with two attached hydrogens (primary N) is 1. The van der Waals surface area contributed by atoms with E-state index in [2.05, 4.69) is 16.0 Å². The van der Waals surface area contributed by atoms with E-state index in [1.165, 1.54) is 4.90 Å². The van der Waals surface area contributed by atoms with Gasteiger partial charge in [0.05, 0.1) is 6.04 Å². The second-order valence-electron chi connectivity index (χ2n) is 13.5. The minimum Gasteiger partial charge on any atom is -0.458 e. The summed E-state index contributed by atoms with van der Waals surface area (Å²) in [5.41, 5.74) is 3.46. The van der Waals surface area contributed by atoms with Crippen molar-refractivity contribution in [3.05, 3.63) is 0 Å². The Morgan fingerprint density at radius 1 is 1.00 bits per heavy atom. The zero-order chi connectivity index (χ0) is 32.4. The molecule has 42 heavy (non-hydrogen) atoms. The standard InChI is InChI=1S/C28H45F2N5O7/c1-14(2)18(24(40)42-27(6,7)8)33-25(41)34-20(26(3,4)5)23(39)35-11-9-10-17(35)22(38)32-16(19(36)21(31)37)12-15-13-28(15,29)30/h14-18,20H,9-13H2,1-8H3,(H2,31,37)(H,32,38)(H2,33,34,41)/t15?,16?,17-,18?,20?/m0/s1. The van der Waals surface area contributed by atoms with E-state index in [0.717, 1.165) is 0 Å². The molecule has 0 aromatic rings. The molecule has 0 aromatic heterocycles. The Morgan fingerprint density at radius 3 is 2.02 bits per heavy atom. The molecule has 1 aliphatic heterocycles. The molecule has 0 aromatic carbocycles. The molecule has 1 saturated carbocycles. The van der Waals surface area contributed by atoms with E-state index >= 15 is 0 Å². The molecular formula is C28H45F2N5O7. The van der Waals surface area contributed by atoms with Crippen LogP contribution in [0.25, 0.3) is 0 Å². The van der Waals surface area contributed by atoms with Crippen molar-refractivity contribution in [3.63, 3.8) is 0 Å². The van der Waals surface area contributed by atoms with Gasteiger partial charge in [-0.2, -0.15) is 0 Å². The van der Waals surface area contributed by atoms with Crippen molar-refractivity contribution in [3.8, 4) is 0 Å². The number of nitrogens with zero attached hydrogens (tertiary/aromatic N) is 1. The molecule has 2 fully saturated rings. The number of urea groups is 1. The Kier molecular flexibility index (Phi) is 10.7. The fourth-order valence-corrected chi connectivity index (χ4v) is 4.78. The van der Waals surface area contributed by atoms with Crippen molar-refractivity contribution in [2.75, 3.05) is 6.54 Å². The van der Waals surface area contributed by atoms with Gasteiger partial charge in [-0.1, -0.05) is 34.6 Å². The summed E-state index contributed by atoms with van der Waals surface area (Å²) in [4.78, 5) is 77.8. The molecular weight excluding hydrogens is 556 g/mol. The number of esters is 1. The second-order valence-corrected chi connectivity index (χ2v) is 13.5. The molecule has 0 radical (unpaired) electrons. The number of nitrogens with one attached hydrogen (secondary N) is 3. The van der Waals surface area contributed by atoms with Gasteiger partial charge >= 0.3 is 12.0 Å². The Labute approximate surface area is 245 Å². The number of hydrogen-bond donors (Lipinski definition) is 4. The van der Waals surface area contributed by atoms with Gasteiger partial charge in [-0.15, -0.1) is 0 Å². The quantitative estimate of drug-likeness (QED) is 0.205. The number of carbonyl (C=O) groups excluding carboxylic acids is 6. The van der Waals surface area contributed by atoms with Crippen LogP contribution in [-0.4, -0.2) is 82.6 Å². The monoisotopic (exact) mass is 601 g/mol. The zero-order valence-electron chi connectivity index (χ0n) is 25.6. The fraction of sp³-hybridized carbons (Fsp3) is 0.786. The maximum atomic E-state index is 13.8. The van der Waals surface area contributed by atoms with E-state index in [1.54, 1.807) is 55.4 Å². The number of rotatable bonds is 11. The van der Waals surface area contributed by atoms with Crippen LogP contribution in [0.3, 0.4) is 0 Å². The normalized spacial score (nSPS) is 22.0. The molecule has 4 unspecified atom stereocenters. The SMILES string of the molecule is CC(C)C(NC(=O)NC(C(=O)N1CCC[C@H]1C(=O)NC(CC1CC1(F)F)C(=O)C(N)=O)C(C)(C)C)C(=O)OC(C)(C)C. The Morgan fingerprint density at radius 2 is 1.57 bits per heavy atom. The van der Waals surface area contributed by atoms with Gasteiger partial charge in [0.1, 0.15) is 23.7 Å². The third-order valence-corrected chi connectivity index (χ3v) is 7.19. The highest BCUT2D eigenvalue weighted by molar-refractivity contribution is 6.37. The molecule has 2 aliphatic rings. The number of primary amides is 1. The van der Waals surface area contributed by atoms with Crippen molar-refractivity contribution in [1.29, 1.82) is 0 Å². The van der Waals surface area contributed by atoms with Crippen molar-refractivity contribution >= 4 is 35.5 Å². The highest BCUT2D eigenvalue weighted by Gasteiger charge is 2.58. The lowest BCUT2D eigenvalue weighted by atomic mass is 9.85. The van der Waals surface area contributed by atoms with E-state index in [9.17, 15) is 37.5 Å². The van der Waals surface area contributed by atoms with Crippen LogP contribution in [0.2, 0.25) is 0 Å². The number of Topliss-reactive ketones (excluding diaryl/α,β-unsaturated/α-hetero) is 1. The predicted octanol–water partition coefficient (Wildman–Crippen LogP) is 1.64. The predicted molar refractivity (Wildman–Crippen MR) is 148 cm³/mol. The molecule has 5 atom stereocenters. The summed E-state index contributed by atoms with van der Waals surface area (Å²) in [7, 11) is 0. The molecule has 1 aliphatic carbocycles. The minimum absolute atomic E-state index is 0.161. The first-order valence-corrected chi connectivity index (χ1v) is 14.2. The smallest absolute Gasteiger partial charge is 0.329 e. The van der Waals surface area contributed by atoms with Gasteiger partial charge in [0, 0.05) is 18.9 Å². The largest absolute Gasteiger partial charge is 0.458 e. The number of halogens is 2. The van der Waals surface area contributed by atoms with Gasteiger partial charge in [-0.25, -0.2) is 18.4 Å². The maximum absolute atomic E-state index is 13.8. The van der Waals surface area contributed by atoms with Crippen molar-refractivity contribution < 1.29 is 42.3 Å². The maximum Gasteiger partial charge on any atom is 0.329 e. The van der Waals surface area contributed by atoms with Crippen molar-refractivity contribution in [1.82, 2.24) is 20.9 Å². The van der Waals surface area contributed by atoms with Gasteiger partial charge in [0.2, 0.25) is 17.6 Å². The number of alkyl halides is 2. The molecule has 0 spiro atoms. The molecule has 14 heteroatoms. The number of ether oxygens (including phenoxy) is 1. The summed E-state index contributed by atoms with van der Waals surface area (Å²) in [6, 6.07) is -5.53. The summed E-state index contributed by atoms with van der Waals surface area (Å²) in [6.07, 6.45) is -0.282. The van der Waals surface area contributed by atoms with Crippen LogP contribution < -0.4 is 21.7 Å². The molecule has 238 valence electrons. The molecule has 12 nitrogen and oxygen atoms in total. The zero-order valence-corrected chi connectivity index (χ0v) is 25.6. The molecule has 1 saturated heterocycles. The highest BCUT2D eigenvalue weighted by Crippen LogP contribution is 2.51. The van der Waals surface area contributed by atoms with E-state index in [0.29, 0.717) is 6.42 Å². The average Bonchev–Trinajstić information content (AvgIpc) is 3.19.